The highest BCUT2D eigenvalue weighted by molar-refractivity contribution is 6.46. The standard InChI is InChI=1S/C30H38N2O5/c1-19(2)12-15-36-24-9-6-8-21(18-24)27-26(29(34)30(35)32(27)14-7-13-31(4)5)28(33)22-10-11-25-23(17-22)16-20(3)37-25/h6,8-11,17-20,27,33H,7,12-16H2,1-5H3/t20-,27+/m1/s1. The van der Waals surface area contributed by atoms with Gasteiger partial charge in [0.05, 0.1) is 18.2 Å². The summed E-state index contributed by atoms with van der Waals surface area (Å²) in [4.78, 5) is 30.2. The number of aliphatic hydroxyl groups is 1. The number of rotatable bonds is 10. The Morgan fingerprint density at radius 3 is 2.70 bits per heavy atom. The first-order valence-electron chi connectivity index (χ1n) is 13.1. The first-order valence-corrected chi connectivity index (χ1v) is 13.1. The Morgan fingerprint density at radius 2 is 1.97 bits per heavy atom. The molecule has 2 aromatic carbocycles. The molecule has 0 unspecified atom stereocenters. The van der Waals surface area contributed by atoms with Crippen LogP contribution in [0.25, 0.3) is 5.76 Å². The van der Waals surface area contributed by atoms with E-state index in [4.69, 9.17) is 9.47 Å². The van der Waals surface area contributed by atoms with Crippen LogP contribution in [-0.4, -0.2) is 66.5 Å². The molecule has 0 aromatic heterocycles. The largest absolute Gasteiger partial charge is 0.507 e. The zero-order valence-corrected chi connectivity index (χ0v) is 22.5. The molecule has 1 N–H and O–H groups in total. The van der Waals surface area contributed by atoms with Gasteiger partial charge in [0.2, 0.25) is 0 Å². The van der Waals surface area contributed by atoms with Gasteiger partial charge in [-0.05, 0) is 87.8 Å². The van der Waals surface area contributed by atoms with Crippen LogP contribution >= 0.6 is 0 Å². The fraction of sp³-hybridized carbons (Fsp3) is 0.467. The molecule has 7 heteroatoms. The molecule has 2 aliphatic heterocycles. The lowest BCUT2D eigenvalue weighted by Gasteiger charge is -2.26. The minimum Gasteiger partial charge on any atom is -0.507 e. The maximum absolute atomic E-state index is 13.4. The number of carbonyl (C=O) groups excluding carboxylic acids is 2. The van der Waals surface area contributed by atoms with Gasteiger partial charge in [0.15, 0.2) is 0 Å². The highest BCUT2D eigenvalue weighted by atomic mass is 16.5. The van der Waals surface area contributed by atoms with Crippen molar-refractivity contribution in [2.75, 3.05) is 33.8 Å². The van der Waals surface area contributed by atoms with Crippen molar-refractivity contribution in [3.05, 3.63) is 64.7 Å². The Hall–Kier alpha value is -3.32. The monoisotopic (exact) mass is 506 g/mol. The fourth-order valence-electron chi connectivity index (χ4n) is 4.93. The smallest absolute Gasteiger partial charge is 0.295 e. The SMILES string of the molecule is CC(C)CCOc1cccc([C@H]2C(=C(O)c3ccc4c(c3)C[C@@H](C)O4)C(=O)C(=O)N2CCCN(C)C)c1. The third-order valence-electron chi connectivity index (χ3n) is 6.85. The quantitative estimate of drug-likeness (QED) is 0.283. The molecule has 0 saturated carbocycles. The Kier molecular flexibility index (Phi) is 8.22. The van der Waals surface area contributed by atoms with Gasteiger partial charge in [0.1, 0.15) is 23.4 Å². The van der Waals surface area contributed by atoms with Crippen molar-refractivity contribution in [3.63, 3.8) is 0 Å². The van der Waals surface area contributed by atoms with E-state index in [-0.39, 0.29) is 17.4 Å². The first-order chi connectivity index (χ1) is 17.7. The number of carbonyl (C=O) groups is 2. The van der Waals surface area contributed by atoms with Crippen LogP contribution in [0.2, 0.25) is 0 Å². The molecule has 2 heterocycles. The van der Waals surface area contributed by atoms with Gasteiger partial charge in [0.25, 0.3) is 11.7 Å². The van der Waals surface area contributed by atoms with Crippen molar-refractivity contribution in [2.24, 2.45) is 5.92 Å². The van der Waals surface area contributed by atoms with Crippen LogP contribution in [0.15, 0.2) is 48.0 Å². The highest BCUT2D eigenvalue weighted by Gasteiger charge is 2.46. The number of fused-ring (bicyclic) bond motifs is 1. The summed E-state index contributed by atoms with van der Waals surface area (Å²) < 4.78 is 11.8. The van der Waals surface area contributed by atoms with Gasteiger partial charge in [-0.3, -0.25) is 9.59 Å². The topological polar surface area (TPSA) is 79.3 Å². The van der Waals surface area contributed by atoms with Gasteiger partial charge in [-0.2, -0.15) is 0 Å². The van der Waals surface area contributed by atoms with E-state index in [2.05, 4.69) is 13.8 Å². The number of hydrogen-bond acceptors (Lipinski definition) is 6. The molecule has 0 radical (unpaired) electrons. The number of ketones is 1. The number of amides is 1. The lowest BCUT2D eigenvalue weighted by molar-refractivity contribution is -0.139. The Labute approximate surface area is 219 Å². The van der Waals surface area contributed by atoms with Crippen LogP contribution in [0.3, 0.4) is 0 Å². The van der Waals surface area contributed by atoms with Crippen molar-refractivity contribution >= 4 is 17.4 Å². The summed E-state index contributed by atoms with van der Waals surface area (Å²) in [6.45, 7) is 8.05. The van der Waals surface area contributed by atoms with Crippen LogP contribution in [0.4, 0.5) is 0 Å². The van der Waals surface area contributed by atoms with Crippen molar-refractivity contribution in [1.29, 1.82) is 0 Å². The average Bonchev–Trinajstić information content (AvgIpc) is 3.34. The van der Waals surface area contributed by atoms with Crippen LogP contribution in [0, 0.1) is 5.92 Å². The van der Waals surface area contributed by atoms with Crippen molar-refractivity contribution in [1.82, 2.24) is 9.80 Å². The Bertz CT molecular complexity index is 1190. The molecule has 2 atom stereocenters. The van der Waals surface area contributed by atoms with Crippen LogP contribution in [-0.2, 0) is 16.0 Å². The zero-order valence-electron chi connectivity index (χ0n) is 22.5. The van der Waals surface area contributed by atoms with E-state index in [0.717, 1.165) is 36.3 Å². The number of Topliss-reactive ketones (excluding diaryl/α,β-unsaturated/α-hetero) is 1. The molecule has 7 nitrogen and oxygen atoms in total. The molecule has 0 spiro atoms. The lowest BCUT2D eigenvalue weighted by Crippen LogP contribution is -2.32. The second-order valence-electron chi connectivity index (χ2n) is 10.7. The molecule has 0 bridgehead atoms. The summed E-state index contributed by atoms with van der Waals surface area (Å²) in [5, 5.41) is 11.4. The number of nitrogens with zero attached hydrogens (tertiary/aromatic N) is 2. The Morgan fingerprint density at radius 1 is 1.19 bits per heavy atom. The summed E-state index contributed by atoms with van der Waals surface area (Å²) in [5.41, 5.74) is 2.35. The van der Waals surface area contributed by atoms with Crippen LogP contribution in [0.5, 0.6) is 11.5 Å². The first kappa shape index (κ1) is 26.7. The molecule has 37 heavy (non-hydrogen) atoms. The molecule has 4 rings (SSSR count). The minimum atomic E-state index is -0.695. The summed E-state index contributed by atoms with van der Waals surface area (Å²) in [6.07, 6.45) is 2.42. The predicted octanol–water partition coefficient (Wildman–Crippen LogP) is 4.81. The van der Waals surface area contributed by atoms with Gasteiger partial charge in [-0.25, -0.2) is 0 Å². The van der Waals surface area contributed by atoms with E-state index in [9.17, 15) is 14.7 Å². The van der Waals surface area contributed by atoms with Gasteiger partial charge in [-0.1, -0.05) is 26.0 Å². The fourth-order valence-corrected chi connectivity index (χ4v) is 4.93. The summed E-state index contributed by atoms with van der Waals surface area (Å²) in [6, 6.07) is 12.2. The molecule has 2 aromatic rings. The summed E-state index contributed by atoms with van der Waals surface area (Å²) in [7, 11) is 3.95. The van der Waals surface area contributed by atoms with Crippen molar-refractivity contribution < 1.29 is 24.2 Å². The van der Waals surface area contributed by atoms with Gasteiger partial charge in [-0.15, -0.1) is 0 Å². The number of ether oxygens (including phenoxy) is 2. The third kappa shape index (κ3) is 5.99. The van der Waals surface area contributed by atoms with E-state index < -0.39 is 17.7 Å². The Balaban J connectivity index is 1.73. The number of benzene rings is 2. The predicted molar refractivity (Wildman–Crippen MR) is 144 cm³/mol. The third-order valence-corrected chi connectivity index (χ3v) is 6.85. The number of likely N-dealkylation sites (tertiary alicyclic amines) is 1. The van der Waals surface area contributed by atoms with Crippen molar-refractivity contribution in [2.45, 2.75) is 52.2 Å². The average molecular weight is 507 g/mol. The molecule has 2 aliphatic rings. The van der Waals surface area contributed by atoms with E-state index in [0.29, 0.717) is 36.8 Å². The van der Waals surface area contributed by atoms with Gasteiger partial charge >= 0.3 is 0 Å². The van der Waals surface area contributed by atoms with Gasteiger partial charge < -0.3 is 24.4 Å². The minimum absolute atomic E-state index is 0.0631. The van der Waals surface area contributed by atoms with E-state index in [1.54, 1.807) is 11.0 Å². The maximum atomic E-state index is 13.4. The maximum Gasteiger partial charge on any atom is 0.295 e. The second kappa shape index (κ2) is 11.4. The number of aliphatic hydroxyl groups excluding tert-OH is 1. The molecular formula is C30H38N2O5. The lowest BCUT2D eigenvalue weighted by atomic mass is 9.94. The molecule has 1 fully saturated rings. The number of hydrogen-bond donors (Lipinski definition) is 1. The van der Waals surface area contributed by atoms with Crippen LogP contribution in [0.1, 0.15) is 56.3 Å². The summed E-state index contributed by atoms with van der Waals surface area (Å²) >= 11 is 0. The van der Waals surface area contributed by atoms with Crippen molar-refractivity contribution in [3.8, 4) is 11.5 Å². The highest BCUT2D eigenvalue weighted by Crippen LogP contribution is 2.41. The van der Waals surface area contributed by atoms with E-state index >= 15 is 0 Å². The van der Waals surface area contributed by atoms with Crippen LogP contribution < -0.4 is 9.47 Å². The molecule has 1 amide bonds. The van der Waals surface area contributed by atoms with E-state index in [1.165, 1.54) is 0 Å². The van der Waals surface area contributed by atoms with Gasteiger partial charge in [0, 0.05) is 18.5 Å². The molecule has 1 saturated heterocycles. The molecule has 0 aliphatic carbocycles. The second-order valence-corrected chi connectivity index (χ2v) is 10.7. The zero-order chi connectivity index (χ0) is 26.7. The summed E-state index contributed by atoms with van der Waals surface area (Å²) in [5.74, 6) is 0.578. The molecular weight excluding hydrogens is 468 g/mol. The normalized spacial score (nSPS) is 20.6. The van der Waals surface area contributed by atoms with E-state index in [1.807, 2.05) is 62.3 Å². The molecule has 198 valence electrons.